The summed E-state index contributed by atoms with van der Waals surface area (Å²) in [5.74, 6) is -0.468. The second-order valence-corrected chi connectivity index (χ2v) is 11.6. The number of amides is 1. The number of nitrogens with one attached hydrogen (secondary N) is 1. The highest BCUT2D eigenvalue weighted by atomic mass is 16.7. The molecule has 248 valence electrons. The molecular formula is C35H43NO10. The highest BCUT2D eigenvalue weighted by molar-refractivity contribution is 5.73. The Kier molecular flexibility index (Phi) is 12.3. The Bertz CT molecular complexity index is 1330. The van der Waals surface area contributed by atoms with Crippen molar-refractivity contribution in [3.8, 4) is 0 Å². The topological polar surface area (TPSA) is 145 Å². The lowest BCUT2D eigenvalue weighted by molar-refractivity contribution is -0.352. The maximum atomic E-state index is 12.1. The van der Waals surface area contributed by atoms with Gasteiger partial charge in [-0.1, -0.05) is 91.0 Å². The van der Waals surface area contributed by atoms with Crippen molar-refractivity contribution in [3.63, 3.8) is 0 Å². The number of rotatable bonds is 13. The molecule has 2 saturated heterocycles. The Hall–Kier alpha value is -3.23. The molecule has 0 saturated carbocycles. The van der Waals surface area contributed by atoms with E-state index in [-0.39, 0.29) is 13.2 Å². The van der Waals surface area contributed by atoms with Crippen LogP contribution in [-0.4, -0.2) is 89.2 Å². The predicted octanol–water partition coefficient (Wildman–Crippen LogP) is 2.45. The van der Waals surface area contributed by atoms with E-state index in [0.717, 1.165) is 16.7 Å². The molecule has 0 aliphatic carbocycles. The van der Waals surface area contributed by atoms with Gasteiger partial charge in [-0.25, -0.2) is 0 Å². The van der Waals surface area contributed by atoms with E-state index in [0.29, 0.717) is 6.61 Å². The quantitative estimate of drug-likeness (QED) is 0.221. The molecule has 0 spiro atoms. The van der Waals surface area contributed by atoms with Crippen LogP contribution >= 0.6 is 0 Å². The minimum atomic E-state index is -1.56. The van der Waals surface area contributed by atoms with Crippen molar-refractivity contribution in [2.45, 2.75) is 95.0 Å². The maximum absolute atomic E-state index is 12.1. The fraction of sp³-hybridized carbons (Fsp3) is 0.457. The normalized spacial score (nSPS) is 31.3. The first-order valence-electron chi connectivity index (χ1n) is 15.5. The Morgan fingerprint density at radius 1 is 0.717 bits per heavy atom. The summed E-state index contributed by atoms with van der Waals surface area (Å²) in [4.78, 5) is 12.1. The highest BCUT2D eigenvalue weighted by Gasteiger charge is 2.52. The van der Waals surface area contributed by atoms with E-state index in [9.17, 15) is 20.1 Å². The van der Waals surface area contributed by atoms with Gasteiger partial charge < -0.3 is 49.1 Å². The molecule has 5 rings (SSSR count). The minimum absolute atomic E-state index is 0.188. The first-order chi connectivity index (χ1) is 22.3. The fourth-order valence-electron chi connectivity index (χ4n) is 5.77. The van der Waals surface area contributed by atoms with Gasteiger partial charge in [0.25, 0.3) is 0 Å². The van der Waals surface area contributed by atoms with Crippen molar-refractivity contribution >= 4 is 5.91 Å². The summed E-state index contributed by atoms with van der Waals surface area (Å²) in [7, 11) is 0. The van der Waals surface area contributed by atoms with Gasteiger partial charge >= 0.3 is 0 Å². The molecule has 0 radical (unpaired) electrons. The van der Waals surface area contributed by atoms with Gasteiger partial charge in [0, 0.05) is 6.92 Å². The SMILES string of the molecule is CC(=O)N[C@@H]1[C@@H](O[C@@H]2O[C@@H](C)[C@@H](OCc3ccccc3)[C@@H](OCc3ccccc3)[C@@H]2OCc2ccccc2)[C@H](O)[C@@H](CO)O[C@@H]1O. The molecule has 2 fully saturated rings. The number of aliphatic hydroxyl groups is 3. The van der Waals surface area contributed by atoms with Crippen LogP contribution in [0.1, 0.15) is 30.5 Å². The standard InChI is InChI=1S/C35H43NO10/c1-22-30(41-19-24-12-6-3-7-13-24)32(42-20-25-14-8-4-9-15-25)33(43-21-26-16-10-5-11-17-26)35(44-22)46-31-28(36-23(2)38)34(40)45-27(18-37)29(31)39/h3-17,22,27-35,37,39-40H,18-21H2,1-2H3,(H,36,38)/t22-,27+,28+,29+,30+,31+,32+,33-,34-,35-/m0/s1. The minimum Gasteiger partial charge on any atom is -0.394 e. The van der Waals surface area contributed by atoms with Crippen LogP contribution in [0.3, 0.4) is 0 Å². The van der Waals surface area contributed by atoms with Crippen molar-refractivity contribution in [2.75, 3.05) is 6.61 Å². The third-order valence-electron chi connectivity index (χ3n) is 8.12. The van der Waals surface area contributed by atoms with Crippen LogP contribution in [0.5, 0.6) is 0 Å². The first kappa shape index (κ1) is 34.1. The monoisotopic (exact) mass is 637 g/mol. The van der Waals surface area contributed by atoms with Gasteiger partial charge in [-0.3, -0.25) is 4.79 Å². The summed E-state index contributed by atoms with van der Waals surface area (Å²) < 4.78 is 37.8. The zero-order valence-corrected chi connectivity index (χ0v) is 26.0. The number of ether oxygens (including phenoxy) is 6. The molecule has 0 aromatic heterocycles. The van der Waals surface area contributed by atoms with Crippen molar-refractivity contribution in [2.24, 2.45) is 0 Å². The van der Waals surface area contributed by atoms with Crippen molar-refractivity contribution in [1.82, 2.24) is 5.32 Å². The van der Waals surface area contributed by atoms with Crippen LogP contribution in [0.25, 0.3) is 0 Å². The van der Waals surface area contributed by atoms with Crippen LogP contribution in [0, 0.1) is 0 Å². The van der Waals surface area contributed by atoms with Crippen LogP contribution in [0.15, 0.2) is 91.0 Å². The molecule has 11 heteroatoms. The van der Waals surface area contributed by atoms with E-state index in [2.05, 4.69) is 5.32 Å². The first-order valence-corrected chi connectivity index (χ1v) is 15.5. The predicted molar refractivity (Wildman–Crippen MR) is 166 cm³/mol. The highest BCUT2D eigenvalue weighted by Crippen LogP contribution is 2.34. The lowest BCUT2D eigenvalue weighted by atomic mass is 9.95. The number of hydrogen-bond donors (Lipinski definition) is 4. The van der Waals surface area contributed by atoms with Crippen molar-refractivity contribution in [3.05, 3.63) is 108 Å². The summed E-state index contributed by atoms with van der Waals surface area (Å²) >= 11 is 0. The number of benzene rings is 3. The molecule has 2 aliphatic rings. The molecule has 2 aliphatic heterocycles. The molecule has 0 unspecified atom stereocenters. The lowest BCUT2D eigenvalue weighted by Gasteiger charge is -2.48. The third kappa shape index (κ3) is 8.77. The summed E-state index contributed by atoms with van der Waals surface area (Å²) in [5.41, 5.74) is 2.83. The van der Waals surface area contributed by atoms with Gasteiger partial charge in [0.15, 0.2) is 12.6 Å². The van der Waals surface area contributed by atoms with Gasteiger partial charge in [-0.2, -0.15) is 0 Å². The number of carbonyl (C=O) groups excluding carboxylic acids is 1. The number of hydrogen-bond acceptors (Lipinski definition) is 10. The average molecular weight is 638 g/mol. The lowest BCUT2D eigenvalue weighted by Crippen LogP contribution is -2.67. The van der Waals surface area contributed by atoms with Crippen LogP contribution < -0.4 is 5.32 Å². The molecule has 4 N–H and O–H groups in total. The van der Waals surface area contributed by atoms with Gasteiger partial charge in [-0.15, -0.1) is 0 Å². The van der Waals surface area contributed by atoms with Crippen LogP contribution in [-0.2, 0) is 53.0 Å². The second kappa shape index (κ2) is 16.6. The van der Waals surface area contributed by atoms with E-state index >= 15 is 0 Å². The van der Waals surface area contributed by atoms with Gasteiger partial charge in [0.05, 0.1) is 32.5 Å². The van der Waals surface area contributed by atoms with Crippen molar-refractivity contribution < 1.29 is 48.5 Å². The van der Waals surface area contributed by atoms with Crippen molar-refractivity contribution in [1.29, 1.82) is 0 Å². The molecule has 2 heterocycles. The molecule has 46 heavy (non-hydrogen) atoms. The number of carbonyl (C=O) groups is 1. The summed E-state index contributed by atoms with van der Waals surface area (Å²) in [6.45, 7) is 3.28. The third-order valence-corrected chi connectivity index (χ3v) is 8.12. The molecule has 3 aromatic carbocycles. The molecule has 11 nitrogen and oxygen atoms in total. The maximum Gasteiger partial charge on any atom is 0.217 e. The van der Waals surface area contributed by atoms with Crippen LogP contribution in [0.2, 0.25) is 0 Å². The van der Waals surface area contributed by atoms with E-state index in [1.54, 1.807) is 0 Å². The zero-order chi connectivity index (χ0) is 32.5. The molecule has 10 atom stereocenters. The zero-order valence-electron chi connectivity index (χ0n) is 26.0. The van der Waals surface area contributed by atoms with Crippen LogP contribution in [0.4, 0.5) is 0 Å². The van der Waals surface area contributed by atoms with E-state index in [4.69, 9.17) is 28.4 Å². The Morgan fingerprint density at radius 2 is 1.20 bits per heavy atom. The van der Waals surface area contributed by atoms with E-state index in [1.807, 2.05) is 97.9 Å². The Labute approximate surface area is 269 Å². The largest absolute Gasteiger partial charge is 0.394 e. The Morgan fingerprint density at radius 3 is 1.67 bits per heavy atom. The van der Waals surface area contributed by atoms with Gasteiger partial charge in [-0.05, 0) is 23.6 Å². The van der Waals surface area contributed by atoms with Gasteiger partial charge in [0.2, 0.25) is 5.91 Å². The van der Waals surface area contributed by atoms with Gasteiger partial charge in [0.1, 0.15) is 42.7 Å². The average Bonchev–Trinajstić information content (AvgIpc) is 3.07. The second-order valence-electron chi connectivity index (χ2n) is 11.6. The van der Waals surface area contributed by atoms with E-state index in [1.165, 1.54) is 6.92 Å². The number of aliphatic hydroxyl groups excluding tert-OH is 3. The fourth-order valence-corrected chi connectivity index (χ4v) is 5.77. The summed E-state index contributed by atoms with van der Waals surface area (Å²) in [5, 5.41) is 34.4. The summed E-state index contributed by atoms with van der Waals surface area (Å²) in [6.07, 6.45) is -9.29. The molecule has 3 aromatic rings. The summed E-state index contributed by atoms with van der Waals surface area (Å²) in [6, 6.07) is 27.9. The molecular weight excluding hydrogens is 594 g/mol. The molecule has 1 amide bonds. The Balaban J connectivity index is 1.46. The molecule has 0 bridgehead atoms. The van der Waals surface area contributed by atoms with E-state index < -0.39 is 73.9 Å². The smallest absolute Gasteiger partial charge is 0.217 e.